The summed E-state index contributed by atoms with van der Waals surface area (Å²) in [5, 5.41) is 3.03. The molecule has 2 amide bonds. The summed E-state index contributed by atoms with van der Waals surface area (Å²) in [4.78, 5) is 30.4. The summed E-state index contributed by atoms with van der Waals surface area (Å²) in [5.74, 6) is 0.0424. The Bertz CT molecular complexity index is 516. The fourth-order valence-electron chi connectivity index (χ4n) is 2.79. The molecule has 1 aliphatic heterocycles. The molecule has 0 aliphatic carbocycles. The molecule has 1 saturated heterocycles. The highest BCUT2D eigenvalue weighted by Crippen LogP contribution is 2.14. The van der Waals surface area contributed by atoms with Crippen molar-refractivity contribution in [3.63, 3.8) is 0 Å². The van der Waals surface area contributed by atoms with Crippen molar-refractivity contribution in [2.75, 3.05) is 13.1 Å². The molecule has 1 aromatic rings. The molecule has 2 rings (SSSR count). The normalized spacial score (nSPS) is 18.9. The van der Waals surface area contributed by atoms with Gasteiger partial charge in [-0.1, -0.05) is 13.8 Å². The second-order valence-electron chi connectivity index (χ2n) is 6.04. The molecule has 1 atom stereocenters. The van der Waals surface area contributed by atoms with Crippen molar-refractivity contribution < 1.29 is 9.59 Å². The molecule has 21 heavy (non-hydrogen) atoms. The standard InChI is InChI=1S/C15H24N4O2/c1-10(2)15(21)19-7-5-6-12(8-19)17-14(20)13-11(3)16-9-18(13)4/h9-10,12H,5-8H2,1-4H3,(H,17,20)/t12-/m0/s1. The average molecular weight is 292 g/mol. The molecule has 1 aromatic heterocycles. The van der Waals surface area contributed by atoms with Gasteiger partial charge in [0, 0.05) is 32.1 Å². The van der Waals surface area contributed by atoms with E-state index < -0.39 is 0 Å². The Morgan fingerprint density at radius 2 is 2.14 bits per heavy atom. The molecule has 6 nitrogen and oxygen atoms in total. The van der Waals surface area contributed by atoms with Crippen LogP contribution in [0.2, 0.25) is 0 Å². The first-order valence-corrected chi connectivity index (χ1v) is 7.47. The molecule has 6 heteroatoms. The number of amides is 2. The van der Waals surface area contributed by atoms with Gasteiger partial charge in [0.05, 0.1) is 12.0 Å². The van der Waals surface area contributed by atoms with E-state index >= 15 is 0 Å². The van der Waals surface area contributed by atoms with Crippen molar-refractivity contribution in [3.8, 4) is 0 Å². The number of likely N-dealkylation sites (tertiary alicyclic amines) is 1. The van der Waals surface area contributed by atoms with Crippen LogP contribution >= 0.6 is 0 Å². The summed E-state index contributed by atoms with van der Waals surface area (Å²) < 4.78 is 1.73. The van der Waals surface area contributed by atoms with Gasteiger partial charge in [0.2, 0.25) is 5.91 Å². The van der Waals surface area contributed by atoms with Crippen LogP contribution in [-0.4, -0.2) is 45.4 Å². The van der Waals surface area contributed by atoms with Crippen molar-refractivity contribution in [1.29, 1.82) is 0 Å². The van der Waals surface area contributed by atoms with Crippen molar-refractivity contribution in [1.82, 2.24) is 19.8 Å². The van der Waals surface area contributed by atoms with Gasteiger partial charge in [0.15, 0.2) is 0 Å². The number of nitrogens with one attached hydrogen (secondary N) is 1. The largest absolute Gasteiger partial charge is 0.346 e. The van der Waals surface area contributed by atoms with Crippen LogP contribution in [0, 0.1) is 12.8 Å². The first-order chi connectivity index (χ1) is 9.90. The lowest BCUT2D eigenvalue weighted by atomic mass is 10.0. The smallest absolute Gasteiger partial charge is 0.270 e. The van der Waals surface area contributed by atoms with Crippen LogP contribution in [0.5, 0.6) is 0 Å². The molecule has 0 bridgehead atoms. The van der Waals surface area contributed by atoms with Gasteiger partial charge in [0.1, 0.15) is 5.69 Å². The maximum Gasteiger partial charge on any atom is 0.270 e. The predicted molar refractivity (Wildman–Crippen MR) is 79.9 cm³/mol. The van der Waals surface area contributed by atoms with E-state index in [9.17, 15) is 9.59 Å². The van der Waals surface area contributed by atoms with Gasteiger partial charge in [-0.25, -0.2) is 4.98 Å². The Morgan fingerprint density at radius 3 is 2.71 bits per heavy atom. The Hall–Kier alpha value is -1.85. The molecule has 116 valence electrons. The third-order valence-corrected chi connectivity index (χ3v) is 3.90. The van der Waals surface area contributed by atoms with E-state index in [1.807, 2.05) is 32.7 Å². The van der Waals surface area contributed by atoms with Gasteiger partial charge in [-0.15, -0.1) is 0 Å². The van der Waals surface area contributed by atoms with E-state index in [0.29, 0.717) is 12.2 Å². The number of aromatic nitrogens is 2. The van der Waals surface area contributed by atoms with E-state index in [-0.39, 0.29) is 23.8 Å². The summed E-state index contributed by atoms with van der Waals surface area (Å²) in [6, 6.07) is 0.0169. The van der Waals surface area contributed by atoms with Crippen LogP contribution in [0.25, 0.3) is 0 Å². The maximum absolute atomic E-state index is 12.4. The lowest BCUT2D eigenvalue weighted by Gasteiger charge is -2.34. The zero-order chi connectivity index (χ0) is 15.6. The zero-order valence-corrected chi connectivity index (χ0v) is 13.2. The lowest BCUT2D eigenvalue weighted by Crippen LogP contribution is -2.50. The Labute approximate surface area is 125 Å². The fourth-order valence-corrected chi connectivity index (χ4v) is 2.79. The maximum atomic E-state index is 12.4. The van der Waals surface area contributed by atoms with E-state index in [4.69, 9.17) is 0 Å². The van der Waals surface area contributed by atoms with Crippen LogP contribution in [0.1, 0.15) is 42.9 Å². The molecule has 0 saturated carbocycles. The molecule has 1 aliphatic rings. The van der Waals surface area contributed by atoms with Gasteiger partial charge in [-0.05, 0) is 19.8 Å². The number of aryl methyl sites for hydroxylation is 2. The Balaban J connectivity index is 2.00. The molecule has 0 aromatic carbocycles. The van der Waals surface area contributed by atoms with Gasteiger partial charge in [-0.3, -0.25) is 9.59 Å². The second kappa shape index (κ2) is 6.28. The monoisotopic (exact) mass is 292 g/mol. The van der Waals surface area contributed by atoms with Crippen LogP contribution in [0.15, 0.2) is 6.33 Å². The number of hydrogen-bond acceptors (Lipinski definition) is 3. The molecule has 2 heterocycles. The third-order valence-electron chi connectivity index (χ3n) is 3.90. The van der Waals surface area contributed by atoms with E-state index in [1.54, 1.807) is 10.9 Å². The summed E-state index contributed by atoms with van der Waals surface area (Å²) in [6.07, 6.45) is 3.47. The summed E-state index contributed by atoms with van der Waals surface area (Å²) in [6.45, 7) is 7.02. The minimum atomic E-state index is -0.114. The molecule has 0 spiro atoms. The Kier molecular flexibility index (Phi) is 4.65. The van der Waals surface area contributed by atoms with Crippen LogP contribution in [-0.2, 0) is 11.8 Å². The molecule has 1 fully saturated rings. The van der Waals surface area contributed by atoms with Gasteiger partial charge in [-0.2, -0.15) is 0 Å². The van der Waals surface area contributed by atoms with Crippen molar-refractivity contribution in [2.45, 2.75) is 39.7 Å². The van der Waals surface area contributed by atoms with Crippen LogP contribution in [0.3, 0.4) is 0 Å². The molecule has 0 unspecified atom stereocenters. The number of imidazole rings is 1. The first kappa shape index (κ1) is 15.5. The lowest BCUT2D eigenvalue weighted by molar-refractivity contribution is -0.135. The van der Waals surface area contributed by atoms with Crippen molar-refractivity contribution >= 4 is 11.8 Å². The number of nitrogens with zero attached hydrogens (tertiary/aromatic N) is 3. The highest BCUT2D eigenvalue weighted by molar-refractivity contribution is 5.93. The second-order valence-corrected chi connectivity index (χ2v) is 6.04. The SMILES string of the molecule is Cc1ncn(C)c1C(=O)N[C@H]1CCCN(C(=O)C(C)C)C1. The van der Waals surface area contributed by atoms with Crippen LogP contribution < -0.4 is 5.32 Å². The molecular formula is C15H24N4O2. The summed E-state index contributed by atoms with van der Waals surface area (Å²) in [5.41, 5.74) is 1.31. The number of carbonyl (C=O) groups is 2. The van der Waals surface area contributed by atoms with Crippen molar-refractivity contribution in [3.05, 3.63) is 17.7 Å². The average Bonchev–Trinajstić information content (AvgIpc) is 2.77. The predicted octanol–water partition coefficient (Wildman–Crippen LogP) is 1.11. The number of rotatable bonds is 3. The van der Waals surface area contributed by atoms with Gasteiger partial charge in [0.25, 0.3) is 5.91 Å². The summed E-state index contributed by atoms with van der Waals surface area (Å²) in [7, 11) is 1.81. The van der Waals surface area contributed by atoms with Gasteiger partial charge >= 0.3 is 0 Å². The van der Waals surface area contributed by atoms with Crippen molar-refractivity contribution in [2.24, 2.45) is 13.0 Å². The molecule has 0 radical (unpaired) electrons. The Morgan fingerprint density at radius 1 is 1.43 bits per heavy atom. The quantitative estimate of drug-likeness (QED) is 0.907. The topological polar surface area (TPSA) is 67.2 Å². The summed E-state index contributed by atoms with van der Waals surface area (Å²) >= 11 is 0. The molecule has 1 N–H and O–H groups in total. The number of hydrogen-bond donors (Lipinski definition) is 1. The molecular weight excluding hydrogens is 268 g/mol. The first-order valence-electron chi connectivity index (χ1n) is 7.47. The third kappa shape index (κ3) is 3.43. The highest BCUT2D eigenvalue weighted by atomic mass is 16.2. The number of piperidine rings is 1. The fraction of sp³-hybridized carbons (Fsp3) is 0.667. The van der Waals surface area contributed by atoms with E-state index in [1.165, 1.54) is 0 Å². The minimum Gasteiger partial charge on any atom is -0.346 e. The number of carbonyl (C=O) groups excluding carboxylic acids is 2. The van der Waals surface area contributed by atoms with Gasteiger partial charge < -0.3 is 14.8 Å². The zero-order valence-electron chi connectivity index (χ0n) is 13.2. The minimum absolute atomic E-state index is 0.00114. The van der Waals surface area contributed by atoms with Crippen LogP contribution in [0.4, 0.5) is 0 Å². The van der Waals surface area contributed by atoms with E-state index in [0.717, 1.165) is 25.1 Å². The van der Waals surface area contributed by atoms with E-state index in [2.05, 4.69) is 10.3 Å². The highest BCUT2D eigenvalue weighted by Gasteiger charge is 2.27.